The summed E-state index contributed by atoms with van der Waals surface area (Å²) in [6.07, 6.45) is 12.7. The number of nitrogens with zero attached hydrogens (tertiary/aromatic N) is 1. The molecular weight excluding hydrogens is 322 g/mol. The van der Waals surface area contributed by atoms with Crippen molar-refractivity contribution < 1.29 is 17.5 Å². The third kappa shape index (κ3) is 13.2. The first-order valence-corrected chi connectivity index (χ1v) is 11.8. The van der Waals surface area contributed by atoms with Crippen molar-refractivity contribution >= 4 is 10.1 Å². The first-order valence-electron chi connectivity index (χ1n) is 10.2. The van der Waals surface area contributed by atoms with E-state index in [0.29, 0.717) is 6.42 Å². The molecule has 24 heavy (non-hydrogen) atoms. The Kier molecular flexibility index (Phi) is 14.0. The summed E-state index contributed by atoms with van der Waals surface area (Å²) in [5, 5.41) is 0. The van der Waals surface area contributed by atoms with Crippen molar-refractivity contribution in [2.45, 2.75) is 91.4 Å². The lowest BCUT2D eigenvalue weighted by molar-refractivity contribution is -0.929. The zero-order valence-electron chi connectivity index (χ0n) is 16.4. The molecule has 0 radical (unpaired) electrons. The Labute approximate surface area is 151 Å². The van der Waals surface area contributed by atoms with Gasteiger partial charge < -0.3 is 9.04 Å². The molecule has 5 heteroatoms. The zero-order valence-corrected chi connectivity index (χ0v) is 17.2. The largest absolute Gasteiger partial charge is 0.748 e. The summed E-state index contributed by atoms with van der Waals surface area (Å²) in [5.41, 5.74) is 0. The highest BCUT2D eigenvalue weighted by Gasteiger charge is 2.25. The Morgan fingerprint density at radius 3 is 1.25 bits per heavy atom. The minimum Gasteiger partial charge on any atom is -0.748 e. The number of hydrogen-bond acceptors (Lipinski definition) is 3. The molecule has 0 rings (SSSR count). The molecule has 0 aromatic heterocycles. The monoisotopic (exact) mass is 363 g/mol. The van der Waals surface area contributed by atoms with Crippen LogP contribution in [0.15, 0.2) is 0 Å². The average Bonchev–Trinajstić information content (AvgIpc) is 2.51. The maximum atomic E-state index is 10.8. The average molecular weight is 364 g/mol. The van der Waals surface area contributed by atoms with E-state index in [4.69, 9.17) is 0 Å². The van der Waals surface area contributed by atoms with Gasteiger partial charge in [-0.3, -0.25) is 0 Å². The number of quaternary nitrogens is 1. The van der Waals surface area contributed by atoms with Crippen LogP contribution < -0.4 is 0 Å². The van der Waals surface area contributed by atoms with Gasteiger partial charge in [0.1, 0.15) is 0 Å². The normalized spacial score (nSPS) is 12.7. The molecule has 0 aliphatic rings. The van der Waals surface area contributed by atoms with E-state index < -0.39 is 10.1 Å². The molecular formula is C19H41NO3S. The quantitative estimate of drug-likeness (QED) is 0.214. The zero-order chi connectivity index (χ0) is 18.3. The maximum absolute atomic E-state index is 10.8. The minimum atomic E-state index is -4.06. The van der Waals surface area contributed by atoms with Crippen molar-refractivity contribution in [2.75, 3.05) is 31.9 Å². The summed E-state index contributed by atoms with van der Waals surface area (Å²) in [4.78, 5) is 0. The maximum Gasteiger partial charge on any atom is 0.0945 e. The lowest BCUT2D eigenvalue weighted by atomic mass is 10.1. The van der Waals surface area contributed by atoms with Gasteiger partial charge in [-0.1, -0.05) is 40.0 Å². The van der Waals surface area contributed by atoms with E-state index in [0.717, 1.165) is 17.4 Å². The molecule has 0 unspecified atom stereocenters. The van der Waals surface area contributed by atoms with Gasteiger partial charge >= 0.3 is 0 Å². The first-order chi connectivity index (χ1) is 11.4. The van der Waals surface area contributed by atoms with Crippen LogP contribution in [0.2, 0.25) is 0 Å². The first kappa shape index (κ1) is 23.9. The van der Waals surface area contributed by atoms with Gasteiger partial charge in [0.25, 0.3) is 0 Å². The van der Waals surface area contributed by atoms with Crippen molar-refractivity contribution in [3.63, 3.8) is 0 Å². The van der Waals surface area contributed by atoms with Gasteiger partial charge in [-0.25, -0.2) is 8.42 Å². The molecule has 0 aromatic carbocycles. The summed E-state index contributed by atoms with van der Waals surface area (Å²) in [6.45, 7) is 11.4. The van der Waals surface area contributed by atoms with Crippen LogP contribution in [0.3, 0.4) is 0 Å². The summed E-state index contributed by atoms with van der Waals surface area (Å²) in [7, 11) is -4.06. The van der Waals surface area contributed by atoms with Crippen LogP contribution in [0.25, 0.3) is 0 Å². The fourth-order valence-corrected chi connectivity index (χ4v) is 4.05. The molecule has 0 N–H and O–H groups in total. The Morgan fingerprint density at radius 1 is 0.625 bits per heavy atom. The van der Waals surface area contributed by atoms with Gasteiger partial charge in [-0.15, -0.1) is 0 Å². The van der Waals surface area contributed by atoms with Crippen LogP contribution in [0, 0.1) is 0 Å². The minimum absolute atomic E-state index is 0.203. The van der Waals surface area contributed by atoms with E-state index in [-0.39, 0.29) is 5.75 Å². The second-order valence-electron chi connectivity index (χ2n) is 7.33. The number of hydrogen-bond donors (Lipinski definition) is 0. The van der Waals surface area contributed by atoms with Crippen LogP contribution in [-0.2, 0) is 10.1 Å². The summed E-state index contributed by atoms with van der Waals surface area (Å²) in [6, 6.07) is 0. The van der Waals surface area contributed by atoms with E-state index >= 15 is 0 Å². The van der Waals surface area contributed by atoms with E-state index in [1.165, 1.54) is 77.4 Å². The van der Waals surface area contributed by atoms with Crippen molar-refractivity contribution in [1.82, 2.24) is 0 Å². The molecule has 0 saturated carbocycles. The van der Waals surface area contributed by atoms with E-state index in [2.05, 4.69) is 20.8 Å². The summed E-state index contributed by atoms with van der Waals surface area (Å²) < 4.78 is 33.6. The van der Waals surface area contributed by atoms with Crippen molar-refractivity contribution in [3.8, 4) is 0 Å². The van der Waals surface area contributed by atoms with E-state index in [1.807, 2.05) is 0 Å². The lowest BCUT2D eigenvalue weighted by Crippen LogP contribution is -2.50. The number of unbranched alkanes of at least 4 members (excludes halogenated alkanes) is 7. The van der Waals surface area contributed by atoms with Crippen LogP contribution in [0.4, 0.5) is 0 Å². The van der Waals surface area contributed by atoms with Gasteiger partial charge in [-0.05, 0) is 51.4 Å². The molecule has 146 valence electrons. The lowest BCUT2D eigenvalue weighted by Gasteiger charge is -2.39. The highest BCUT2D eigenvalue weighted by atomic mass is 32.2. The molecule has 0 bridgehead atoms. The summed E-state index contributed by atoms with van der Waals surface area (Å²) >= 11 is 0. The van der Waals surface area contributed by atoms with Gasteiger partial charge in [0, 0.05) is 5.75 Å². The number of rotatable bonds is 17. The molecule has 0 aliphatic carbocycles. The third-order valence-corrected chi connectivity index (χ3v) is 5.77. The SMILES string of the molecule is CCCCC[N+](CCCCC)(CCCCC)CCCCS(=O)(=O)[O-]. The highest BCUT2D eigenvalue weighted by molar-refractivity contribution is 7.85. The van der Waals surface area contributed by atoms with Crippen LogP contribution in [0.5, 0.6) is 0 Å². The Bertz CT molecular complexity index is 356. The van der Waals surface area contributed by atoms with Gasteiger partial charge in [0.2, 0.25) is 0 Å². The van der Waals surface area contributed by atoms with Crippen LogP contribution in [-0.4, -0.2) is 49.4 Å². The van der Waals surface area contributed by atoms with Gasteiger partial charge in [-0.2, -0.15) is 0 Å². The molecule has 0 amide bonds. The summed E-state index contributed by atoms with van der Waals surface area (Å²) in [5.74, 6) is -0.203. The topological polar surface area (TPSA) is 57.2 Å². The smallest absolute Gasteiger partial charge is 0.0945 e. The van der Waals surface area contributed by atoms with Crippen molar-refractivity contribution in [1.29, 1.82) is 0 Å². The van der Waals surface area contributed by atoms with E-state index in [1.54, 1.807) is 0 Å². The van der Waals surface area contributed by atoms with Crippen molar-refractivity contribution in [3.05, 3.63) is 0 Å². The molecule has 0 fully saturated rings. The Morgan fingerprint density at radius 2 is 0.958 bits per heavy atom. The fourth-order valence-electron chi connectivity index (χ4n) is 3.49. The second kappa shape index (κ2) is 14.1. The fraction of sp³-hybridized carbons (Fsp3) is 1.00. The predicted octanol–water partition coefficient (Wildman–Crippen LogP) is 4.70. The highest BCUT2D eigenvalue weighted by Crippen LogP contribution is 2.18. The molecule has 0 spiro atoms. The van der Waals surface area contributed by atoms with Crippen molar-refractivity contribution in [2.24, 2.45) is 0 Å². The molecule has 0 heterocycles. The van der Waals surface area contributed by atoms with Gasteiger partial charge in [0.05, 0.1) is 36.3 Å². The molecule has 0 aromatic rings. The molecule has 0 aliphatic heterocycles. The van der Waals surface area contributed by atoms with Crippen LogP contribution in [0.1, 0.15) is 91.4 Å². The standard InChI is InChI=1S/C19H41NO3S/c1-4-7-10-15-20(16-11-8-5-2,17-12-9-6-3)18-13-14-19-24(21,22)23/h4-19H2,1-3H3. The predicted molar refractivity (Wildman–Crippen MR) is 102 cm³/mol. The molecule has 0 atom stereocenters. The van der Waals surface area contributed by atoms with Crippen LogP contribution >= 0.6 is 0 Å². The Hall–Kier alpha value is -0.130. The molecule has 4 nitrogen and oxygen atoms in total. The second-order valence-corrected chi connectivity index (χ2v) is 8.85. The third-order valence-electron chi connectivity index (χ3n) is 4.98. The van der Waals surface area contributed by atoms with Gasteiger partial charge in [0.15, 0.2) is 0 Å². The van der Waals surface area contributed by atoms with E-state index in [9.17, 15) is 13.0 Å². The Balaban J connectivity index is 4.70. The molecule has 0 saturated heterocycles.